The molecule has 0 atom stereocenters. The summed E-state index contributed by atoms with van der Waals surface area (Å²) >= 11 is 0. The minimum Gasteiger partial charge on any atom is -0.491 e. The summed E-state index contributed by atoms with van der Waals surface area (Å²) < 4.78 is 26.4. The molecule has 0 radical (unpaired) electrons. The van der Waals surface area contributed by atoms with E-state index in [0.717, 1.165) is 0 Å². The Morgan fingerprint density at radius 3 is 1.07 bits per heavy atom. The first-order valence-corrected chi connectivity index (χ1v) is 13.3. The van der Waals surface area contributed by atoms with Crippen molar-refractivity contribution >= 4 is 34.7 Å². The fourth-order valence-electron chi connectivity index (χ4n) is 3.55. The van der Waals surface area contributed by atoms with Crippen LogP contribution < -0.4 is 9.47 Å². The smallest absolute Gasteiger partial charge is 0.337 e. The molecule has 0 bridgehead atoms. The molecule has 11 heteroatoms. The van der Waals surface area contributed by atoms with Crippen LogP contribution in [0, 0.1) is 0 Å². The number of methoxy groups -OCH3 is 2. The molecule has 0 aliphatic carbocycles. The average molecular weight is 583 g/mol. The van der Waals surface area contributed by atoms with Crippen LogP contribution in [0.4, 0.5) is 22.7 Å². The number of benzene rings is 4. The third kappa shape index (κ3) is 9.87. The van der Waals surface area contributed by atoms with E-state index in [2.05, 4.69) is 29.9 Å². The fourth-order valence-corrected chi connectivity index (χ4v) is 3.55. The topological polar surface area (TPSA) is 130 Å². The predicted molar refractivity (Wildman–Crippen MR) is 159 cm³/mol. The Labute approximate surface area is 248 Å². The third-order valence-corrected chi connectivity index (χ3v) is 5.80. The fraction of sp³-hybridized carbons (Fsp3) is 0.188. The molecule has 0 heterocycles. The summed E-state index contributed by atoms with van der Waals surface area (Å²) in [4.78, 5) is 23.0. The number of nitrogens with zero attached hydrogens (tertiary/aromatic N) is 4. The minimum absolute atomic E-state index is 0.387. The van der Waals surface area contributed by atoms with Gasteiger partial charge in [-0.25, -0.2) is 9.59 Å². The van der Waals surface area contributed by atoms with Crippen LogP contribution in [0.2, 0.25) is 0 Å². The highest BCUT2D eigenvalue weighted by Gasteiger charge is 2.05. The quantitative estimate of drug-likeness (QED) is 0.0851. The van der Waals surface area contributed by atoms with Crippen LogP contribution >= 0.6 is 0 Å². The van der Waals surface area contributed by atoms with E-state index in [1.165, 1.54) is 14.2 Å². The molecule has 0 saturated carbocycles. The van der Waals surface area contributed by atoms with E-state index in [1.54, 1.807) is 72.8 Å². The monoisotopic (exact) mass is 582 g/mol. The molecule has 220 valence electrons. The largest absolute Gasteiger partial charge is 0.491 e. The van der Waals surface area contributed by atoms with Crippen LogP contribution in [0.3, 0.4) is 0 Å². The van der Waals surface area contributed by atoms with Gasteiger partial charge in [0.05, 0.1) is 61.3 Å². The Balaban J connectivity index is 1.09. The van der Waals surface area contributed by atoms with Crippen molar-refractivity contribution in [3.05, 3.63) is 108 Å². The van der Waals surface area contributed by atoms with Gasteiger partial charge in [0.25, 0.3) is 0 Å². The highest BCUT2D eigenvalue weighted by atomic mass is 16.5. The summed E-state index contributed by atoms with van der Waals surface area (Å²) in [5, 5.41) is 16.7. The van der Waals surface area contributed by atoms with Crippen LogP contribution in [0.1, 0.15) is 20.7 Å². The van der Waals surface area contributed by atoms with Gasteiger partial charge in [-0.3, -0.25) is 0 Å². The van der Waals surface area contributed by atoms with Crippen LogP contribution in [0.5, 0.6) is 11.5 Å². The van der Waals surface area contributed by atoms with Crippen molar-refractivity contribution in [2.24, 2.45) is 20.5 Å². The van der Waals surface area contributed by atoms with Crippen molar-refractivity contribution in [3.63, 3.8) is 0 Å². The zero-order chi connectivity index (χ0) is 30.3. The van der Waals surface area contributed by atoms with E-state index >= 15 is 0 Å². The van der Waals surface area contributed by atoms with Crippen LogP contribution in [0.25, 0.3) is 0 Å². The van der Waals surface area contributed by atoms with Gasteiger partial charge in [0.15, 0.2) is 0 Å². The molecule has 43 heavy (non-hydrogen) atoms. The summed E-state index contributed by atoms with van der Waals surface area (Å²) in [6.45, 7) is 1.59. The Morgan fingerprint density at radius 1 is 0.465 bits per heavy atom. The number of hydrogen-bond acceptors (Lipinski definition) is 11. The maximum Gasteiger partial charge on any atom is 0.337 e. The molecule has 0 N–H and O–H groups in total. The Morgan fingerprint density at radius 2 is 0.767 bits per heavy atom. The maximum atomic E-state index is 11.5. The molecule has 4 aromatic carbocycles. The summed E-state index contributed by atoms with van der Waals surface area (Å²) in [6, 6.07) is 27.7. The summed E-state index contributed by atoms with van der Waals surface area (Å²) in [7, 11) is 2.68. The summed E-state index contributed by atoms with van der Waals surface area (Å²) in [5.41, 5.74) is 3.48. The highest BCUT2D eigenvalue weighted by molar-refractivity contribution is 5.90. The lowest BCUT2D eigenvalue weighted by Gasteiger charge is -2.09. The lowest BCUT2D eigenvalue weighted by atomic mass is 10.2. The Hall–Kier alpha value is -5.42. The Bertz CT molecular complexity index is 1400. The van der Waals surface area contributed by atoms with Gasteiger partial charge in [-0.2, -0.15) is 20.5 Å². The number of carbonyl (C=O) groups excluding carboxylic acids is 2. The molecule has 0 saturated heterocycles. The number of ether oxygens (including phenoxy) is 5. The van der Waals surface area contributed by atoms with Gasteiger partial charge in [-0.1, -0.05) is 0 Å². The molecule has 0 unspecified atom stereocenters. The van der Waals surface area contributed by atoms with Crippen molar-refractivity contribution < 1.29 is 33.3 Å². The second kappa shape index (κ2) is 16.1. The first-order chi connectivity index (χ1) is 21.0. The van der Waals surface area contributed by atoms with Crippen molar-refractivity contribution in [2.45, 2.75) is 0 Å². The number of azo groups is 2. The van der Waals surface area contributed by atoms with Gasteiger partial charge in [0.2, 0.25) is 0 Å². The van der Waals surface area contributed by atoms with E-state index < -0.39 is 11.9 Å². The molecular formula is C32H30N4O7. The standard InChI is InChI=1S/C32H30N4O7/c1-39-31(37)23-3-7-25(8-4-23)33-35-27-11-15-29(16-12-27)42-21-19-41-20-22-43-30-17-13-28(14-18-30)36-34-26-9-5-24(6-10-26)32(38)40-2/h3-18H,19-22H2,1-2H3. The predicted octanol–water partition coefficient (Wildman–Crippen LogP) is 7.57. The van der Waals surface area contributed by atoms with Gasteiger partial charge in [0, 0.05) is 0 Å². The molecule has 0 aromatic heterocycles. The zero-order valence-corrected chi connectivity index (χ0v) is 23.7. The molecular weight excluding hydrogens is 552 g/mol. The van der Waals surface area contributed by atoms with Crippen molar-refractivity contribution in [1.82, 2.24) is 0 Å². The molecule has 0 aliphatic heterocycles. The van der Waals surface area contributed by atoms with Gasteiger partial charge in [0.1, 0.15) is 24.7 Å². The van der Waals surface area contributed by atoms with Crippen molar-refractivity contribution in [1.29, 1.82) is 0 Å². The van der Waals surface area contributed by atoms with Gasteiger partial charge in [-0.15, -0.1) is 0 Å². The molecule has 0 amide bonds. The van der Waals surface area contributed by atoms with Crippen LogP contribution in [-0.2, 0) is 14.2 Å². The van der Waals surface area contributed by atoms with E-state index in [0.29, 0.717) is 71.8 Å². The Kier molecular flexibility index (Phi) is 11.5. The molecule has 0 fully saturated rings. The second-order valence-electron chi connectivity index (χ2n) is 8.77. The molecule has 4 aromatic rings. The zero-order valence-electron chi connectivity index (χ0n) is 23.7. The molecule has 4 rings (SSSR count). The van der Waals surface area contributed by atoms with Gasteiger partial charge >= 0.3 is 11.9 Å². The normalized spacial score (nSPS) is 11.0. The number of esters is 2. The molecule has 0 spiro atoms. The number of rotatable bonds is 14. The lowest BCUT2D eigenvalue weighted by molar-refractivity contribution is 0.0592. The van der Waals surface area contributed by atoms with E-state index in [9.17, 15) is 9.59 Å². The number of carbonyl (C=O) groups is 2. The summed E-state index contributed by atoms with van der Waals surface area (Å²) in [6.07, 6.45) is 0. The van der Waals surface area contributed by atoms with Gasteiger partial charge < -0.3 is 23.7 Å². The molecule has 0 aliphatic rings. The maximum absolute atomic E-state index is 11.5. The summed E-state index contributed by atoms with van der Waals surface area (Å²) in [5.74, 6) is 0.585. The van der Waals surface area contributed by atoms with Crippen LogP contribution in [0.15, 0.2) is 118 Å². The highest BCUT2D eigenvalue weighted by Crippen LogP contribution is 2.23. The van der Waals surface area contributed by atoms with Crippen molar-refractivity contribution in [2.75, 3.05) is 40.6 Å². The lowest BCUT2D eigenvalue weighted by Crippen LogP contribution is -2.12. The second-order valence-corrected chi connectivity index (χ2v) is 8.77. The number of hydrogen-bond donors (Lipinski definition) is 0. The van der Waals surface area contributed by atoms with E-state index in [1.807, 2.05) is 24.3 Å². The van der Waals surface area contributed by atoms with E-state index in [-0.39, 0.29) is 0 Å². The minimum atomic E-state index is -0.399. The first kappa shape index (κ1) is 30.5. The third-order valence-electron chi connectivity index (χ3n) is 5.80. The van der Waals surface area contributed by atoms with Crippen LogP contribution in [-0.4, -0.2) is 52.6 Å². The van der Waals surface area contributed by atoms with Crippen molar-refractivity contribution in [3.8, 4) is 11.5 Å². The average Bonchev–Trinajstić information content (AvgIpc) is 3.06. The molecule has 11 nitrogen and oxygen atoms in total. The SMILES string of the molecule is COC(=O)c1ccc(N=Nc2ccc(OCCOCCOc3ccc(N=Nc4ccc(C(=O)OC)cc4)cc3)cc2)cc1. The van der Waals surface area contributed by atoms with E-state index in [4.69, 9.17) is 14.2 Å². The first-order valence-electron chi connectivity index (χ1n) is 13.3. The van der Waals surface area contributed by atoms with Gasteiger partial charge in [-0.05, 0) is 97.1 Å².